The van der Waals surface area contributed by atoms with Gasteiger partial charge in [0.2, 0.25) is 11.6 Å². The van der Waals surface area contributed by atoms with E-state index in [0.717, 1.165) is 0 Å². The number of alkyl carbamates (subject to hydrolysis) is 2. The molecule has 6 aromatic rings. The quantitative estimate of drug-likeness (QED) is 0.0503. The lowest BCUT2D eigenvalue weighted by atomic mass is 9.82. The molecule has 17 heteroatoms. The molecule has 0 aliphatic heterocycles. The van der Waals surface area contributed by atoms with E-state index in [1.807, 2.05) is 0 Å². The van der Waals surface area contributed by atoms with Crippen LogP contribution in [0, 0.1) is 0 Å². The van der Waals surface area contributed by atoms with Gasteiger partial charge in [0.25, 0.3) is 0 Å². The molecule has 13 nitrogen and oxygen atoms in total. The molecule has 0 bridgehead atoms. The van der Waals surface area contributed by atoms with E-state index in [2.05, 4.69) is 74.4 Å². The summed E-state index contributed by atoms with van der Waals surface area (Å²) in [6, 6.07) is 28.4. The highest BCUT2D eigenvalue weighted by molar-refractivity contribution is 9.11. The van der Waals surface area contributed by atoms with Crippen LogP contribution >= 0.6 is 63.7 Å². The van der Waals surface area contributed by atoms with Crippen molar-refractivity contribution in [3.8, 4) is 5.75 Å². The van der Waals surface area contributed by atoms with Crippen LogP contribution in [0.4, 0.5) is 32.3 Å². The largest absolute Gasteiger partial charge is 0.507 e. The maximum atomic E-state index is 13.6. The highest BCUT2D eigenvalue weighted by Gasteiger charge is 2.37. The van der Waals surface area contributed by atoms with Crippen LogP contribution in [0.15, 0.2) is 121 Å². The summed E-state index contributed by atoms with van der Waals surface area (Å²) in [5.74, 6) is -1.60. The molecule has 2 unspecified atom stereocenters. The van der Waals surface area contributed by atoms with Crippen molar-refractivity contribution >= 4 is 122 Å². The Morgan fingerprint density at radius 3 is 1.44 bits per heavy atom. The fraction of sp³-hybridized carbons (Fsp3) is 0.106. The van der Waals surface area contributed by atoms with Crippen LogP contribution in [0.5, 0.6) is 5.75 Å². The van der Waals surface area contributed by atoms with Crippen LogP contribution in [-0.4, -0.2) is 47.1 Å². The number of hydrogen-bond acceptors (Lipinski definition) is 9. The van der Waals surface area contributed by atoms with Crippen LogP contribution in [0.2, 0.25) is 0 Å². The van der Waals surface area contributed by atoms with E-state index < -0.39 is 30.2 Å². The molecule has 0 aromatic heterocycles. The zero-order valence-corrected chi connectivity index (χ0v) is 39.9. The second kappa shape index (κ2) is 18.3. The fourth-order valence-electron chi connectivity index (χ4n) is 7.71. The number of amides is 2. The molecule has 0 heterocycles. The number of aromatic hydroxyl groups is 1. The number of fused-ring (bicyclic) bond motifs is 4. The maximum absolute atomic E-state index is 13.6. The number of nitrogens with two attached hydrogens (primary N) is 2. The second-order valence-corrected chi connectivity index (χ2v) is 18.2. The van der Waals surface area contributed by atoms with Gasteiger partial charge >= 0.3 is 12.2 Å². The summed E-state index contributed by atoms with van der Waals surface area (Å²) >= 11 is 14.2. The summed E-state index contributed by atoms with van der Waals surface area (Å²) in [6.45, 7) is 3.01. The topological polar surface area (TPSA) is 198 Å². The third-order valence-electron chi connectivity index (χ3n) is 10.8. The molecular weight excluding hydrogens is 1080 g/mol. The van der Waals surface area contributed by atoms with Gasteiger partial charge in [-0.2, -0.15) is 0 Å². The summed E-state index contributed by atoms with van der Waals surface area (Å²) in [5, 5.41) is 19.1. The van der Waals surface area contributed by atoms with E-state index in [1.54, 1.807) is 122 Å². The van der Waals surface area contributed by atoms with Crippen molar-refractivity contribution in [2.75, 3.05) is 6.67 Å². The smallest absolute Gasteiger partial charge is 0.409 e. The number of benzene rings is 6. The Kier molecular flexibility index (Phi) is 12.8. The first-order valence-corrected chi connectivity index (χ1v) is 22.7. The van der Waals surface area contributed by atoms with E-state index in [0.29, 0.717) is 74.0 Å². The van der Waals surface area contributed by atoms with E-state index in [1.165, 1.54) is 6.07 Å². The Bertz CT molecular complexity index is 3010. The van der Waals surface area contributed by atoms with Crippen LogP contribution in [0.3, 0.4) is 0 Å². The number of hydrogen-bond donors (Lipinski definition) is 5. The van der Waals surface area contributed by atoms with E-state index >= 15 is 0 Å². The summed E-state index contributed by atoms with van der Waals surface area (Å²) in [6.07, 6.45) is -3.23. The predicted octanol–water partition coefficient (Wildman–Crippen LogP) is 9.28. The maximum Gasteiger partial charge on any atom is 0.409 e. The lowest BCUT2D eigenvalue weighted by Crippen LogP contribution is -2.72. The van der Waals surface area contributed by atoms with Crippen molar-refractivity contribution in [3.05, 3.63) is 177 Å². The highest BCUT2D eigenvalue weighted by Crippen LogP contribution is 2.39. The molecule has 2 amide bonds. The van der Waals surface area contributed by atoms with Gasteiger partial charge < -0.3 is 25.2 Å². The number of carbonyl (C=O) groups is 6. The summed E-state index contributed by atoms with van der Waals surface area (Å²) in [5.41, 5.74) is 5.25. The number of nitrogens with one attached hydrogen (secondary N) is 2. The monoisotopic (exact) mass is 1110 g/mol. The van der Waals surface area contributed by atoms with Crippen molar-refractivity contribution in [3.63, 3.8) is 0 Å². The molecule has 64 heavy (non-hydrogen) atoms. The number of quaternary nitrogens is 2. The highest BCUT2D eigenvalue weighted by atomic mass is 79.9. The zero-order valence-electron chi connectivity index (χ0n) is 33.6. The Hall–Kier alpha value is -5.82. The number of carbonyl (C=O) groups excluding carboxylic acids is 6. The molecule has 322 valence electrons. The Labute approximate surface area is 398 Å². The Morgan fingerprint density at radius 2 is 0.938 bits per heavy atom. The number of ketones is 4. The van der Waals surface area contributed by atoms with Crippen LogP contribution in [0.25, 0.3) is 0 Å². The van der Waals surface area contributed by atoms with E-state index in [-0.39, 0.29) is 52.0 Å². The molecule has 6 aromatic carbocycles. The molecule has 0 saturated heterocycles. The van der Waals surface area contributed by atoms with Crippen LogP contribution in [0.1, 0.15) is 101 Å². The van der Waals surface area contributed by atoms with Gasteiger partial charge in [0.1, 0.15) is 40.7 Å². The van der Waals surface area contributed by atoms with Gasteiger partial charge in [-0.1, -0.05) is 86.5 Å². The molecule has 8 rings (SSSR count). The molecule has 0 spiro atoms. The minimum absolute atomic E-state index is 0.0656. The first-order chi connectivity index (χ1) is 30.6. The number of phenols is 1. The molecule has 7 N–H and O–H groups in total. The number of ether oxygens (including phenoxy) is 2. The third-order valence-corrected chi connectivity index (χ3v) is 13.6. The van der Waals surface area contributed by atoms with Gasteiger partial charge in [-0.15, -0.1) is 0 Å². The van der Waals surface area contributed by atoms with Crippen molar-refractivity contribution in [2.24, 2.45) is 0 Å². The lowest BCUT2D eigenvalue weighted by Gasteiger charge is -2.20. The first kappa shape index (κ1) is 44.8. The molecular formula is C47H34Br4N4O9+2. The summed E-state index contributed by atoms with van der Waals surface area (Å²) in [4.78, 5) is 79.8. The van der Waals surface area contributed by atoms with Crippen molar-refractivity contribution < 1.29 is 54.0 Å². The van der Waals surface area contributed by atoms with Gasteiger partial charge in [0.05, 0.1) is 32.3 Å². The Morgan fingerprint density at radius 1 is 0.516 bits per heavy atom. The second-order valence-electron chi connectivity index (χ2n) is 14.8. The number of rotatable bonds is 10. The molecule has 2 aliphatic rings. The van der Waals surface area contributed by atoms with E-state index in [9.17, 15) is 33.9 Å². The molecule has 0 fully saturated rings. The van der Waals surface area contributed by atoms with Gasteiger partial charge in [-0.05, 0) is 70.0 Å². The molecule has 2 aliphatic carbocycles. The van der Waals surface area contributed by atoms with Crippen molar-refractivity contribution in [2.45, 2.75) is 26.1 Å². The third kappa shape index (κ3) is 8.58. The van der Waals surface area contributed by atoms with Gasteiger partial charge in [0, 0.05) is 72.2 Å². The minimum atomic E-state index is -0.834. The van der Waals surface area contributed by atoms with Gasteiger partial charge in [0.15, 0.2) is 11.6 Å². The zero-order chi connectivity index (χ0) is 45.6. The SMILES string of the molecule is CC(OC(=O)NCNC(=O)OC(C)c1cc([NH2+]c2ccc(O)c3c2C(=O)c2ccccc2C3=O)c(Br)cc1Br)c1cc([NH2+]c2cccc3c2C(=O)c2ccccc2C3=O)c(Br)cc1Br. The van der Waals surface area contributed by atoms with Crippen molar-refractivity contribution in [1.82, 2.24) is 10.6 Å². The normalized spacial score (nSPS) is 13.5. The van der Waals surface area contributed by atoms with Crippen LogP contribution in [-0.2, 0) is 9.47 Å². The predicted molar refractivity (Wildman–Crippen MR) is 248 cm³/mol. The number of halogens is 4. The summed E-state index contributed by atoms with van der Waals surface area (Å²) < 4.78 is 13.9. The summed E-state index contributed by atoms with van der Waals surface area (Å²) in [7, 11) is 0. The first-order valence-electron chi connectivity index (χ1n) is 19.5. The fourth-order valence-corrected chi connectivity index (χ4v) is 10.6. The molecule has 2 atom stereocenters. The molecule has 0 saturated carbocycles. The van der Waals surface area contributed by atoms with Crippen LogP contribution < -0.4 is 21.3 Å². The number of phenolic OH excluding ortho intramolecular Hbond substituents is 1. The standard InChI is InChI=1S/C47H32Br4N4O9/c1-21(28-16-36(32(50)18-30(28)48)54-34-13-7-12-27-39(34)43(58)24-9-4-3-8-23(24)42(27)57)63-46(61)52-20-53-47(62)64-22(2)29-17-37(33(51)19-31(29)49)55-35-14-15-38(56)41-40(35)44(59)25-10-5-6-11-26(25)45(41)60/h3-19,21-22,54-56H,20H2,1-2H3,(H,52,61)(H,53,62)/p+2. The van der Waals surface area contributed by atoms with E-state index in [4.69, 9.17) is 9.47 Å². The minimum Gasteiger partial charge on any atom is -0.507 e. The van der Waals surface area contributed by atoms with Gasteiger partial charge in [-0.3, -0.25) is 29.8 Å². The average Bonchev–Trinajstić information content (AvgIpc) is 3.26. The average molecular weight is 1120 g/mol. The lowest BCUT2D eigenvalue weighted by molar-refractivity contribution is -0.480. The van der Waals surface area contributed by atoms with Crippen molar-refractivity contribution in [1.29, 1.82) is 0 Å². The Balaban J connectivity index is 0.887. The molecule has 0 radical (unpaired) electrons. The van der Waals surface area contributed by atoms with Gasteiger partial charge in [-0.25, -0.2) is 9.59 Å².